The lowest BCUT2D eigenvalue weighted by Crippen LogP contribution is -2.14. The molecule has 1 aromatic heterocycles. The Bertz CT molecular complexity index is 848. The van der Waals surface area contributed by atoms with Gasteiger partial charge in [0.25, 0.3) is 0 Å². The van der Waals surface area contributed by atoms with Crippen molar-refractivity contribution in [3.05, 3.63) is 60.2 Å². The van der Waals surface area contributed by atoms with E-state index in [1.54, 1.807) is 11.8 Å². The summed E-state index contributed by atoms with van der Waals surface area (Å²) in [4.78, 5) is 2.21. The van der Waals surface area contributed by atoms with Crippen LogP contribution in [0.4, 0.5) is 11.6 Å². The number of aromatic nitrogens is 3. The van der Waals surface area contributed by atoms with Crippen molar-refractivity contribution in [1.82, 2.24) is 14.8 Å². The number of nitrogens with zero attached hydrogens (tertiary/aromatic N) is 4. The highest BCUT2D eigenvalue weighted by Gasteiger charge is 2.25. The normalized spacial score (nSPS) is 13.0. The molecule has 0 bridgehead atoms. The lowest BCUT2D eigenvalue weighted by molar-refractivity contribution is 0.340. The van der Waals surface area contributed by atoms with Crippen molar-refractivity contribution in [2.75, 3.05) is 23.8 Å². The monoisotopic (exact) mass is 366 g/mol. The summed E-state index contributed by atoms with van der Waals surface area (Å²) in [6, 6.07) is 18.7. The van der Waals surface area contributed by atoms with Gasteiger partial charge in [-0.15, -0.1) is 10.2 Å². The molecule has 3 aromatic rings. The Morgan fingerprint density at radius 1 is 1.00 bits per heavy atom. The summed E-state index contributed by atoms with van der Waals surface area (Å²) in [7, 11) is 0. The summed E-state index contributed by atoms with van der Waals surface area (Å²) in [5.41, 5.74) is 2.48. The predicted octanol–water partition coefficient (Wildman–Crippen LogP) is 4.16. The van der Waals surface area contributed by atoms with E-state index >= 15 is 0 Å². The molecule has 0 radical (unpaired) electrons. The molecule has 0 atom stereocenters. The molecular weight excluding hydrogens is 344 g/mol. The molecule has 1 aliphatic rings. The molecule has 4 rings (SSSR count). The first kappa shape index (κ1) is 17.0. The maximum Gasteiger partial charge on any atom is 0.232 e. The Morgan fingerprint density at radius 2 is 1.81 bits per heavy atom. The minimum atomic E-state index is 0.681. The molecule has 5 nitrogen and oxygen atoms in total. The maximum atomic E-state index is 5.52. The van der Waals surface area contributed by atoms with E-state index in [4.69, 9.17) is 4.74 Å². The van der Waals surface area contributed by atoms with Crippen LogP contribution < -0.4 is 9.64 Å². The largest absolute Gasteiger partial charge is 0.494 e. The minimum absolute atomic E-state index is 0.681. The van der Waals surface area contributed by atoms with Gasteiger partial charge in [-0.2, -0.15) is 0 Å². The lowest BCUT2D eigenvalue weighted by Gasteiger charge is -2.15. The van der Waals surface area contributed by atoms with Gasteiger partial charge in [0.15, 0.2) is 5.16 Å². The standard InChI is InChI=1S/C20H22N4OS/c1-2-25-18-10-8-17(9-11-18)23-13-14-24-19(23)21-22-20(24)26-15-12-16-6-4-3-5-7-16/h3-11H,2,12-15H2,1H3. The molecule has 0 aliphatic carbocycles. The molecule has 26 heavy (non-hydrogen) atoms. The first-order chi connectivity index (χ1) is 12.8. The molecule has 0 amide bonds. The van der Waals surface area contributed by atoms with Crippen molar-refractivity contribution < 1.29 is 4.74 Å². The number of fused-ring (bicyclic) bond motifs is 1. The lowest BCUT2D eigenvalue weighted by atomic mass is 10.2. The summed E-state index contributed by atoms with van der Waals surface area (Å²) < 4.78 is 7.74. The van der Waals surface area contributed by atoms with Gasteiger partial charge in [-0.1, -0.05) is 42.1 Å². The van der Waals surface area contributed by atoms with Gasteiger partial charge in [0.05, 0.1) is 6.61 Å². The molecule has 0 fully saturated rings. The third-order valence-electron chi connectivity index (χ3n) is 4.41. The van der Waals surface area contributed by atoms with Crippen LogP contribution in [-0.4, -0.2) is 33.7 Å². The van der Waals surface area contributed by atoms with Gasteiger partial charge in [-0.25, -0.2) is 0 Å². The van der Waals surface area contributed by atoms with Crippen molar-refractivity contribution in [2.45, 2.75) is 25.0 Å². The number of hydrogen-bond donors (Lipinski definition) is 0. The van der Waals surface area contributed by atoms with Crippen molar-refractivity contribution in [3.63, 3.8) is 0 Å². The zero-order valence-electron chi connectivity index (χ0n) is 14.8. The van der Waals surface area contributed by atoms with Crippen LogP contribution >= 0.6 is 11.8 Å². The van der Waals surface area contributed by atoms with Crippen molar-refractivity contribution in [1.29, 1.82) is 0 Å². The first-order valence-electron chi connectivity index (χ1n) is 8.95. The minimum Gasteiger partial charge on any atom is -0.494 e. The van der Waals surface area contributed by atoms with E-state index in [0.29, 0.717) is 6.61 Å². The van der Waals surface area contributed by atoms with Crippen LogP contribution in [-0.2, 0) is 13.0 Å². The number of benzene rings is 2. The maximum absolute atomic E-state index is 5.52. The smallest absolute Gasteiger partial charge is 0.232 e. The molecular formula is C20H22N4OS. The van der Waals surface area contributed by atoms with Crippen LogP contribution in [0.3, 0.4) is 0 Å². The molecule has 0 spiro atoms. The quantitative estimate of drug-likeness (QED) is 0.587. The van der Waals surface area contributed by atoms with Gasteiger partial charge in [0, 0.05) is 24.5 Å². The van der Waals surface area contributed by atoms with Crippen molar-refractivity contribution in [2.24, 2.45) is 0 Å². The molecule has 0 unspecified atom stereocenters. The van der Waals surface area contributed by atoms with Gasteiger partial charge in [-0.3, -0.25) is 4.57 Å². The number of anilines is 2. The third kappa shape index (κ3) is 3.55. The number of rotatable bonds is 7. The van der Waals surface area contributed by atoms with Gasteiger partial charge in [0.1, 0.15) is 5.75 Å². The molecule has 0 saturated heterocycles. The van der Waals surface area contributed by atoms with Crippen LogP contribution in [0.5, 0.6) is 5.75 Å². The van der Waals surface area contributed by atoms with E-state index in [2.05, 4.69) is 62.1 Å². The number of hydrogen-bond acceptors (Lipinski definition) is 5. The summed E-state index contributed by atoms with van der Waals surface area (Å²) in [5.74, 6) is 2.83. The summed E-state index contributed by atoms with van der Waals surface area (Å²) in [6.45, 7) is 4.52. The fraction of sp³-hybridized carbons (Fsp3) is 0.300. The second kappa shape index (κ2) is 7.83. The molecule has 0 saturated carbocycles. The second-order valence-corrected chi connectivity index (χ2v) is 7.16. The fourth-order valence-electron chi connectivity index (χ4n) is 3.12. The van der Waals surface area contributed by atoms with Crippen molar-refractivity contribution >= 4 is 23.4 Å². The summed E-state index contributed by atoms with van der Waals surface area (Å²) in [5, 5.41) is 9.83. The topological polar surface area (TPSA) is 43.2 Å². The van der Waals surface area contributed by atoms with Gasteiger partial charge in [-0.05, 0) is 43.2 Å². The highest BCUT2D eigenvalue weighted by Crippen LogP contribution is 2.33. The average Bonchev–Trinajstić information content (AvgIpc) is 3.27. The Morgan fingerprint density at radius 3 is 2.58 bits per heavy atom. The number of aryl methyl sites for hydroxylation is 1. The van der Waals surface area contributed by atoms with E-state index in [0.717, 1.165) is 47.8 Å². The fourth-order valence-corrected chi connectivity index (χ4v) is 4.07. The third-order valence-corrected chi connectivity index (χ3v) is 5.38. The van der Waals surface area contributed by atoms with E-state index < -0.39 is 0 Å². The summed E-state index contributed by atoms with van der Waals surface area (Å²) in [6.07, 6.45) is 1.04. The van der Waals surface area contributed by atoms with Crippen LogP contribution in [0.1, 0.15) is 12.5 Å². The molecule has 1 aliphatic heterocycles. The molecule has 134 valence electrons. The summed E-state index contributed by atoms with van der Waals surface area (Å²) >= 11 is 1.78. The Kier molecular flexibility index (Phi) is 5.11. The number of ether oxygens (including phenoxy) is 1. The van der Waals surface area contributed by atoms with Crippen LogP contribution in [0.2, 0.25) is 0 Å². The van der Waals surface area contributed by atoms with E-state index in [9.17, 15) is 0 Å². The molecule has 2 aromatic carbocycles. The zero-order chi connectivity index (χ0) is 17.8. The average molecular weight is 366 g/mol. The van der Waals surface area contributed by atoms with Gasteiger partial charge < -0.3 is 9.64 Å². The predicted molar refractivity (Wildman–Crippen MR) is 106 cm³/mol. The van der Waals surface area contributed by atoms with Gasteiger partial charge >= 0.3 is 0 Å². The zero-order valence-corrected chi connectivity index (χ0v) is 15.7. The van der Waals surface area contributed by atoms with Crippen LogP contribution in [0, 0.1) is 0 Å². The first-order valence-corrected chi connectivity index (χ1v) is 9.94. The van der Waals surface area contributed by atoms with Crippen LogP contribution in [0.15, 0.2) is 59.8 Å². The Labute approximate surface area is 158 Å². The molecule has 6 heteroatoms. The number of thioether (sulfide) groups is 1. The van der Waals surface area contributed by atoms with E-state index in [1.165, 1.54) is 5.56 Å². The molecule has 2 heterocycles. The Hall–Kier alpha value is -2.47. The highest BCUT2D eigenvalue weighted by molar-refractivity contribution is 7.99. The SMILES string of the molecule is CCOc1ccc(N2CCn3c(SCCc4ccccc4)nnc32)cc1. The highest BCUT2D eigenvalue weighted by atomic mass is 32.2. The van der Waals surface area contributed by atoms with E-state index in [-0.39, 0.29) is 0 Å². The van der Waals surface area contributed by atoms with Gasteiger partial charge in [0.2, 0.25) is 5.95 Å². The second-order valence-electron chi connectivity index (χ2n) is 6.10. The van der Waals surface area contributed by atoms with E-state index in [1.807, 2.05) is 19.1 Å². The molecule has 0 N–H and O–H groups in total. The Balaban J connectivity index is 1.42. The van der Waals surface area contributed by atoms with Crippen LogP contribution in [0.25, 0.3) is 0 Å². The van der Waals surface area contributed by atoms with Crippen molar-refractivity contribution in [3.8, 4) is 5.75 Å².